The maximum absolute atomic E-state index is 11.2. The molecule has 1 aliphatic heterocycles. The lowest BCUT2D eigenvalue weighted by atomic mass is 9.82. The number of aliphatic hydroxyl groups is 1. The van der Waals surface area contributed by atoms with Crippen LogP contribution in [0.4, 0.5) is 0 Å². The van der Waals surface area contributed by atoms with E-state index in [1.54, 1.807) is 12.1 Å². The quantitative estimate of drug-likeness (QED) is 0.580. The molecule has 0 bridgehead atoms. The van der Waals surface area contributed by atoms with E-state index in [1.165, 1.54) is 18.2 Å². The Labute approximate surface area is 137 Å². The third kappa shape index (κ3) is 2.81. The van der Waals surface area contributed by atoms with Crippen molar-refractivity contribution in [3.05, 3.63) is 47.5 Å². The van der Waals surface area contributed by atoms with Crippen LogP contribution in [0.3, 0.4) is 0 Å². The van der Waals surface area contributed by atoms with E-state index in [4.69, 9.17) is 9.84 Å². The van der Waals surface area contributed by atoms with E-state index >= 15 is 0 Å². The van der Waals surface area contributed by atoms with Gasteiger partial charge in [-0.2, -0.15) is 0 Å². The lowest BCUT2D eigenvalue weighted by Crippen LogP contribution is -2.35. The van der Waals surface area contributed by atoms with Crippen LogP contribution in [-0.2, 0) is 4.79 Å². The summed E-state index contributed by atoms with van der Waals surface area (Å²) in [4.78, 5) is 11.2. The van der Waals surface area contributed by atoms with Gasteiger partial charge in [0.2, 0.25) is 0 Å². The zero-order valence-electron chi connectivity index (χ0n) is 12.5. The fourth-order valence-corrected chi connectivity index (χ4v) is 3.00. The van der Waals surface area contributed by atoms with Gasteiger partial charge < -0.3 is 30.3 Å². The molecule has 0 amide bonds. The van der Waals surface area contributed by atoms with Gasteiger partial charge >= 0.3 is 5.97 Å². The Morgan fingerprint density at radius 2 is 1.71 bits per heavy atom. The van der Waals surface area contributed by atoms with Gasteiger partial charge in [-0.05, 0) is 17.7 Å². The first-order chi connectivity index (χ1) is 11.4. The highest BCUT2D eigenvalue weighted by Crippen LogP contribution is 2.49. The minimum atomic E-state index is -1.23. The molecule has 126 valence electrons. The van der Waals surface area contributed by atoms with Crippen LogP contribution in [0.15, 0.2) is 36.4 Å². The first-order valence-electron chi connectivity index (χ1n) is 7.28. The van der Waals surface area contributed by atoms with Gasteiger partial charge in [-0.15, -0.1) is 0 Å². The number of fused-ring (bicyclic) bond motifs is 1. The Morgan fingerprint density at radius 3 is 2.33 bits per heavy atom. The fraction of sp³-hybridized carbons (Fsp3) is 0.235. The molecule has 0 fully saturated rings. The maximum atomic E-state index is 11.2. The van der Waals surface area contributed by atoms with E-state index in [0.717, 1.165) is 6.07 Å². The monoisotopic (exact) mass is 332 g/mol. The third-order valence-electron chi connectivity index (χ3n) is 4.07. The van der Waals surface area contributed by atoms with Crippen molar-refractivity contribution in [2.75, 3.05) is 0 Å². The molecule has 1 heterocycles. The van der Waals surface area contributed by atoms with Crippen molar-refractivity contribution in [1.29, 1.82) is 0 Å². The van der Waals surface area contributed by atoms with Gasteiger partial charge in [-0.25, -0.2) is 0 Å². The van der Waals surface area contributed by atoms with Gasteiger partial charge in [0.15, 0.2) is 6.10 Å². The van der Waals surface area contributed by atoms with E-state index in [9.17, 15) is 25.2 Å². The van der Waals surface area contributed by atoms with Crippen LogP contribution in [-0.4, -0.2) is 37.6 Å². The second-order valence-electron chi connectivity index (χ2n) is 5.70. The van der Waals surface area contributed by atoms with Crippen molar-refractivity contribution in [2.24, 2.45) is 0 Å². The predicted molar refractivity (Wildman–Crippen MR) is 82.2 cm³/mol. The number of carbonyl (C=O) groups is 1. The van der Waals surface area contributed by atoms with Crippen molar-refractivity contribution >= 4 is 5.97 Å². The summed E-state index contributed by atoms with van der Waals surface area (Å²) in [7, 11) is 0. The highest BCUT2D eigenvalue weighted by atomic mass is 16.5. The van der Waals surface area contributed by atoms with Crippen LogP contribution in [0.5, 0.6) is 23.0 Å². The highest BCUT2D eigenvalue weighted by molar-refractivity contribution is 5.69. The molecule has 0 saturated heterocycles. The molecule has 2 aromatic rings. The number of phenolic OH excluding ortho intramolecular Hbond substituents is 3. The molecule has 0 aliphatic carbocycles. The summed E-state index contributed by atoms with van der Waals surface area (Å²) < 4.78 is 5.70. The molecular weight excluding hydrogens is 316 g/mol. The van der Waals surface area contributed by atoms with E-state index in [1.807, 2.05) is 0 Å². The van der Waals surface area contributed by atoms with Crippen molar-refractivity contribution in [1.82, 2.24) is 0 Å². The molecule has 3 rings (SSSR count). The standard InChI is InChI=1S/C17H16O7/c18-9-3-1-8(2-4-9)17-16(23)11(7-14(21)22)15-12(20)5-10(19)6-13(15)24-17/h1-6,11,16-20,23H,7H2,(H,21,22). The van der Waals surface area contributed by atoms with Crippen molar-refractivity contribution < 1.29 is 35.1 Å². The van der Waals surface area contributed by atoms with Gasteiger partial charge in [0.1, 0.15) is 29.1 Å². The number of carboxylic acids is 1. The van der Waals surface area contributed by atoms with Gasteiger partial charge in [-0.1, -0.05) is 12.1 Å². The van der Waals surface area contributed by atoms with Gasteiger partial charge in [0, 0.05) is 23.6 Å². The Kier molecular flexibility index (Phi) is 3.94. The minimum absolute atomic E-state index is 0.0434. The van der Waals surface area contributed by atoms with Crippen LogP contribution in [0.25, 0.3) is 0 Å². The average molecular weight is 332 g/mol. The minimum Gasteiger partial charge on any atom is -0.508 e. The SMILES string of the molecule is O=C(O)CC1c2c(O)cc(O)cc2OC(c2ccc(O)cc2)C1O. The molecule has 2 aromatic carbocycles. The summed E-state index contributed by atoms with van der Waals surface area (Å²) in [5.74, 6) is -2.46. The molecule has 0 spiro atoms. The lowest BCUT2D eigenvalue weighted by molar-refractivity contribution is -0.139. The van der Waals surface area contributed by atoms with Gasteiger partial charge in [0.05, 0.1) is 6.42 Å². The topological polar surface area (TPSA) is 127 Å². The van der Waals surface area contributed by atoms with E-state index in [-0.39, 0.29) is 28.6 Å². The van der Waals surface area contributed by atoms with Crippen molar-refractivity contribution in [3.8, 4) is 23.0 Å². The molecule has 0 saturated carbocycles. The molecule has 3 atom stereocenters. The number of hydrogen-bond acceptors (Lipinski definition) is 6. The number of hydrogen-bond donors (Lipinski definition) is 5. The van der Waals surface area contributed by atoms with Crippen molar-refractivity contribution in [2.45, 2.75) is 24.5 Å². The molecule has 1 aliphatic rings. The Morgan fingerprint density at radius 1 is 1.04 bits per heavy atom. The fourth-order valence-electron chi connectivity index (χ4n) is 3.00. The van der Waals surface area contributed by atoms with Crippen LogP contribution >= 0.6 is 0 Å². The second kappa shape index (κ2) is 5.93. The molecule has 5 N–H and O–H groups in total. The average Bonchev–Trinajstić information content (AvgIpc) is 2.50. The van der Waals surface area contributed by atoms with Crippen molar-refractivity contribution in [3.63, 3.8) is 0 Å². The molecule has 0 radical (unpaired) electrons. The highest BCUT2D eigenvalue weighted by Gasteiger charge is 2.41. The zero-order valence-corrected chi connectivity index (χ0v) is 12.5. The number of aromatic hydroxyl groups is 3. The summed E-state index contributed by atoms with van der Waals surface area (Å²) in [6.07, 6.45) is -2.54. The first kappa shape index (κ1) is 15.9. The van der Waals surface area contributed by atoms with Crippen LogP contribution in [0.2, 0.25) is 0 Å². The summed E-state index contributed by atoms with van der Waals surface area (Å²) in [5.41, 5.74) is 0.682. The number of aliphatic hydroxyl groups excluding tert-OH is 1. The number of carboxylic acid groups (broad SMARTS) is 1. The molecule has 7 nitrogen and oxygen atoms in total. The van der Waals surface area contributed by atoms with Crippen LogP contribution in [0, 0.1) is 0 Å². The lowest BCUT2D eigenvalue weighted by Gasteiger charge is -2.36. The maximum Gasteiger partial charge on any atom is 0.304 e. The Balaban J connectivity index is 2.08. The number of phenols is 3. The molecule has 7 heteroatoms. The van der Waals surface area contributed by atoms with Gasteiger partial charge in [-0.3, -0.25) is 4.79 Å². The van der Waals surface area contributed by atoms with Crippen LogP contribution < -0.4 is 4.74 Å². The molecule has 3 unspecified atom stereocenters. The number of aliphatic carboxylic acids is 1. The molecule has 24 heavy (non-hydrogen) atoms. The van der Waals surface area contributed by atoms with E-state index < -0.39 is 30.5 Å². The Bertz CT molecular complexity index is 769. The first-order valence-corrected chi connectivity index (χ1v) is 7.28. The summed E-state index contributed by atoms with van der Waals surface area (Å²) in [6, 6.07) is 8.29. The Hall–Kier alpha value is -2.93. The second-order valence-corrected chi connectivity index (χ2v) is 5.70. The number of rotatable bonds is 3. The zero-order chi connectivity index (χ0) is 17.4. The summed E-state index contributed by atoms with van der Waals surface area (Å²) in [6.45, 7) is 0. The van der Waals surface area contributed by atoms with E-state index in [0.29, 0.717) is 5.56 Å². The largest absolute Gasteiger partial charge is 0.508 e. The third-order valence-corrected chi connectivity index (χ3v) is 4.07. The summed E-state index contributed by atoms with van der Waals surface area (Å²) >= 11 is 0. The van der Waals surface area contributed by atoms with Gasteiger partial charge in [0.25, 0.3) is 0 Å². The molecular formula is C17H16O7. The summed E-state index contributed by atoms with van der Waals surface area (Å²) in [5, 5.41) is 48.8. The number of benzene rings is 2. The van der Waals surface area contributed by atoms with Crippen LogP contribution in [0.1, 0.15) is 29.6 Å². The van der Waals surface area contributed by atoms with E-state index in [2.05, 4.69) is 0 Å². The smallest absolute Gasteiger partial charge is 0.304 e. The normalized spacial score (nSPS) is 22.5. The number of ether oxygens (including phenoxy) is 1. The molecule has 0 aromatic heterocycles. The predicted octanol–water partition coefficient (Wildman–Crippen LogP) is 1.86.